The van der Waals surface area contributed by atoms with Gasteiger partial charge in [-0.2, -0.15) is 4.98 Å². The van der Waals surface area contributed by atoms with E-state index in [2.05, 4.69) is 4.98 Å². The summed E-state index contributed by atoms with van der Waals surface area (Å²) in [5.74, 6) is 0. The maximum atomic E-state index is 11.1. The fraction of sp³-hybridized carbons (Fsp3) is 0. The molecule has 1 N–H and O–H groups in total. The number of fused-ring (bicyclic) bond motifs is 1. The summed E-state index contributed by atoms with van der Waals surface area (Å²) in [7, 11) is 0. The van der Waals surface area contributed by atoms with Crippen molar-refractivity contribution in [2.45, 2.75) is 0 Å². The van der Waals surface area contributed by atoms with Gasteiger partial charge in [0.15, 0.2) is 0 Å². The minimum atomic E-state index is -1.33. The van der Waals surface area contributed by atoms with E-state index in [1.807, 2.05) is 0 Å². The van der Waals surface area contributed by atoms with Gasteiger partial charge in [-0.3, -0.25) is 0 Å². The standard InChI is InChI=1S/C9H6N2O3/c12-8-10-7-4-2-1-3-6(7)5-11(8)9(13)14/h1-5H,(H,13,14). The van der Waals surface area contributed by atoms with E-state index in [0.29, 0.717) is 15.5 Å². The highest BCUT2D eigenvalue weighted by molar-refractivity contribution is 5.80. The molecule has 0 fully saturated rings. The van der Waals surface area contributed by atoms with E-state index in [9.17, 15) is 9.59 Å². The third-order valence-corrected chi connectivity index (χ3v) is 1.83. The fourth-order valence-corrected chi connectivity index (χ4v) is 1.19. The minimum Gasteiger partial charge on any atom is -0.464 e. The van der Waals surface area contributed by atoms with Crippen LogP contribution in [0.5, 0.6) is 0 Å². The van der Waals surface area contributed by atoms with Crippen LogP contribution in [-0.2, 0) is 0 Å². The summed E-state index contributed by atoms with van der Waals surface area (Å²) in [5, 5.41) is 9.27. The number of carboxylic acid groups (broad SMARTS) is 1. The first-order valence-corrected chi connectivity index (χ1v) is 3.90. The SMILES string of the molecule is O=C(O)n1cc2ccccc2nc1=O. The molecule has 70 valence electrons. The Labute approximate surface area is 78.2 Å². The van der Waals surface area contributed by atoms with Crippen LogP contribution in [0, 0.1) is 0 Å². The Morgan fingerprint density at radius 3 is 2.79 bits per heavy atom. The predicted octanol–water partition coefficient (Wildman–Crippen LogP) is 0.923. The normalized spacial score (nSPS) is 10.3. The van der Waals surface area contributed by atoms with Crippen LogP contribution in [0.4, 0.5) is 4.79 Å². The van der Waals surface area contributed by atoms with Crippen LogP contribution in [-0.4, -0.2) is 20.8 Å². The largest absolute Gasteiger partial charge is 0.464 e. The Morgan fingerprint density at radius 2 is 2.07 bits per heavy atom. The van der Waals surface area contributed by atoms with Crippen molar-refractivity contribution < 1.29 is 9.90 Å². The Kier molecular flexibility index (Phi) is 1.78. The number of aromatic nitrogens is 2. The van der Waals surface area contributed by atoms with Crippen LogP contribution in [0.1, 0.15) is 0 Å². The molecule has 0 bridgehead atoms. The highest BCUT2D eigenvalue weighted by Gasteiger charge is 2.05. The predicted molar refractivity (Wildman–Crippen MR) is 49.4 cm³/mol. The molecule has 5 nitrogen and oxygen atoms in total. The minimum absolute atomic E-state index is 0.495. The molecule has 0 spiro atoms. The molecule has 0 aliphatic heterocycles. The second-order valence-corrected chi connectivity index (χ2v) is 2.73. The van der Waals surface area contributed by atoms with Crippen molar-refractivity contribution >= 4 is 17.0 Å². The molecule has 0 saturated heterocycles. The van der Waals surface area contributed by atoms with Crippen molar-refractivity contribution in [3.63, 3.8) is 0 Å². The molecule has 0 aliphatic rings. The van der Waals surface area contributed by atoms with Crippen molar-refractivity contribution in [1.82, 2.24) is 9.55 Å². The molecule has 1 heterocycles. The number of carbonyl (C=O) groups is 1. The lowest BCUT2D eigenvalue weighted by Gasteiger charge is -1.99. The Balaban J connectivity index is 2.84. The van der Waals surface area contributed by atoms with E-state index >= 15 is 0 Å². The molecule has 14 heavy (non-hydrogen) atoms. The molecule has 1 aromatic carbocycles. The molecule has 5 heteroatoms. The molecule has 0 atom stereocenters. The Morgan fingerprint density at radius 1 is 1.36 bits per heavy atom. The van der Waals surface area contributed by atoms with Crippen molar-refractivity contribution in [3.8, 4) is 0 Å². The van der Waals surface area contributed by atoms with Crippen LogP contribution < -0.4 is 5.69 Å². The van der Waals surface area contributed by atoms with Gasteiger partial charge in [0.25, 0.3) is 0 Å². The average molecular weight is 190 g/mol. The van der Waals surface area contributed by atoms with E-state index in [1.54, 1.807) is 24.3 Å². The van der Waals surface area contributed by atoms with Gasteiger partial charge in [0.1, 0.15) is 0 Å². The van der Waals surface area contributed by atoms with Crippen LogP contribution in [0.3, 0.4) is 0 Å². The van der Waals surface area contributed by atoms with E-state index in [-0.39, 0.29) is 0 Å². The number of para-hydroxylation sites is 1. The maximum Gasteiger partial charge on any atom is 0.419 e. The average Bonchev–Trinajstić information content (AvgIpc) is 2.16. The quantitative estimate of drug-likeness (QED) is 0.670. The molecule has 0 aliphatic carbocycles. The zero-order valence-electron chi connectivity index (χ0n) is 7.04. The summed E-state index contributed by atoms with van der Waals surface area (Å²) in [4.78, 5) is 25.4. The molecular formula is C9H6N2O3. The third kappa shape index (κ3) is 1.24. The zero-order valence-corrected chi connectivity index (χ0v) is 7.04. The molecule has 0 amide bonds. The second kappa shape index (κ2) is 2.95. The van der Waals surface area contributed by atoms with Gasteiger partial charge in [0.2, 0.25) is 0 Å². The smallest absolute Gasteiger partial charge is 0.419 e. The third-order valence-electron chi connectivity index (χ3n) is 1.83. The Bertz CT molecular complexity index is 559. The van der Waals surface area contributed by atoms with Gasteiger partial charge in [-0.15, -0.1) is 0 Å². The van der Waals surface area contributed by atoms with Crippen molar-refractivity contribution in [2.75, 3.05) is 0 Å². The molecule has 0 unspecified atom stereocenters. The van der Waals surface area contributed by atoms with Crippen LogP contribution in [0.25, 0.3) is 10.9 Å². The summed E-state index contributed by atoms with van der Waals surface area (Å²) in [6, 6.07) is 6.84. The summed E-state index contributed by atoms with van der Waals surface area (Å²) in [6.07, 6.45) is -0.0687. The summed E-state index contributed by atoms with van der Waals surface area (Å²) < 4.78 is 0.558. The van der Waals surface area contributed by atoms with Gasteiger partial charge in [0.05, 0.1) is 5.52 Å². The highest BCUT2D eigenvalue weighted by atomic mass is 16.4. The summed E-state index contributed by atoms with van der Waals surface area (Å²) in [6.45, 7) is 0. The number of nitrogens with zero attached hydrogens (tertiary/aromatic N) is 2. The van der Waals surface area contributed by atoms with Crippen molar-refractivity contribution in [2.24, 2.45) is 0 Å². The van der Waals surface area contributed by atoms with Gasteiger partial charge in [-0.25, -0.2) is 14.2 Å². The highest BCUT2D eigenvalue weighted by Crippen LogP contribution is 2.06. The maximum absolute atomic E-state index is 11.1. The molecular weight excluding hydrogens is 184 g/mol. The first-order valence-electron chi connectivity index (χ1n) is 3.90. The van der Waals surface area contributed by atoms with E-state index in [1.165, 1.54) is 6.20 Å². The first-order chi connectivity index (χ1) is 6.68. The van der Waals surface area contributed by atoms with E-state index in [4.69, 9.17) is 5.11 Å². The number of hydrogen-bond acceptors (Lipinski definition) is 3. The number of hydrogen-bond donors (Lipinski definition) is 1. The van der Waals surface area contributed by atoms with Gasteiger partial charge >= 0.3 is 11.8 Å². The van der Waals surface area contributed by atoms with Crippen molar-refractivity contribution in [1.29, 1.82) is 0 Å². The van der Waals surface area contributed by atoms with Crippen LogP contribution >= 0.6 is 0 Å². The van der Waals surface area contributed by atoms with E-state index in [0.717, 1.165) is 0 Å². The van der Waals surface area contributed by atoms with Gasteiger partial charge in [-0.1, -0.05) is 18.2 Å². The van der Waals surface area contributed by atoms with E-state index < -0.39 is 11.8 Å². The number of benzene rings is 1. The lowest BCUT2D eigenvalue weighted by atomic mass is 10.2. The van der Waals surface area contributed by atoms with Gasteiger partial charge in [-0.05, 0) is 6.07 Å². The summed E-state index contributed by atoms with van der Waals surface area (Å²) in [5.41, 5.74) is -0.286. The molecule has 0 radical (unpaired) electrons. The van der Waals surface area contributed by atoms with Crippen LogP contribution in [0.15, 0.2) is 35.3 Å². The second-order valence-electron chi connectivity index (χ2n) is 2.73. The van der Waals surface area contributed by atoms with Gasteiger partial charge in [0, 0.05) is 11.6 Å². The molecule has 0 saturated carbocycles. The fourth-order valence-electron chi connectivity index (χ4n) is 1.19. The van der Waals surface area contributed by atoms with Gasteiger partial charge < -0.3 is 5.11 Å². The lowest BCUT2D eigenvalue weighted by molar-refractivity contribution is 0.195. The van der Waals surface area contributed by atoms with Crippen LogP contribution in [0.2, 0.25) is 0 Å². The number of rotatable bonds is 0. The monoisotopic (exact) mass is 190 g/mol. The van der Waals surface area contributed by atoms with Crippen molar-refractivity contribution in [3.05, 3.63) is 40.9 Å². The Hall–Kier alpha value is -2.17. The molecule has 2 aromatic rings. The first kappa shape index (κ1) is 8.43. The molecule has 1 aromatic heterocycles. The summed E-state index contributed by atoms with van der Waals surface area (Å²) >= 11 is 0. The lowest BCUT2D eigenvalue weighted by Crippen LogP contribution is -2.27. The zero-order chi connectivity index (χ0) is 10.1. The molecule has 2 rings (SSSR count). The topological polar surface area (TPSA) is 72.2 Å².